The maximum absolute atomic E-state index is 13.9. The minimum Gasteiger partial charge on any atom is -0.481 e. The number of rotatable bonds is 19. The van der Waals surface area contributed by atoms with Gasteiger partial charge in [0.05, 0.1) is 18.6 Å². The molecule has 0 radical (unpaired) electrons. The Kier molecular flexibility index (Phi) is 14.1. The first-order valence-electron chi connectivity index (χ1n) is 16.9. The molecule has 2 heterocycles. The van der Waals surface area contributed by atoms with E-state index in [0.29, 0.717) is 64.6 Å². The molecule has 10 nitrogen and oxygen atoms in total. The van der Waals surface area contributed by atoms with Crippen molar-refractivity contribution in [3.63, 3.8) is 0 Å². The number of hydrogen-bond acceptors (Lipinski definition) is 8. The molecule has 0 aromatic heterocycles. The lowest BCUT2D eigenvalue weighted by Gasteiger charge is -2.61. The number of hydroxylamine groups is 4. The number of unbranched alkanes of at least 4 members (excludes halogenated alkanes) is 4. The molecule has 0 unspecified atom stereocenters. The number of piperidine rings is 2. The highest BCUT2D eigenvalue weighted by Crippen LogP contribution is 2.58. The Morgan fingerprint density at radius 3 is 1.34 bits per heavy atom. The summed E-state index contributed by atoms with van der Waals surface area (Å²) in [6.45, 7) is 18.1. The quantitative estimate of drug-likeness (QED) is 0.125. The molecule has 44 heavy (non-hydrogen) atoms. The van der Waals surface area contributed by atoms with Gasteiger partial charge in [0.25, 0.3) is 0 Å². The number of nitrogens with zero attached hydrogens (tertiary/aromatic N) is 2. The predicted molar refractivity (Wildman–Crippen MR) is 171 cm³/mol. The molecular formula is C34H64N2O8. The first-order valence-corrected chi connectivity index (χ1v) is 16.9. The van der Waals surface area contributed by atoms with E-state index >= 15 is 0 Å². The Morgan fingerprint density at radius 1 is 0.636 bits per heavy atom. The van der Waals surface area contributed by atoms with Gasteiger partial charge in [0, 0.05) is 41.8 Å². The van der Waals surface area contributed by atoms with E-state index in [0.717, 1.165) is 25.7 Å². The van der Waals surface area contributed by atoms with Crippen LogP contribution in [0.5, 0.6) is 0 Å². The van der Waals surface area contributed by atoms with E-state index in [1.54, 1.807) is 0 Å². The second kappa shape index (κ2) is 16.0. The van der Waals surface area contributed by atoms with E-state index in [-0.39, 0.29) is 31.5 Å². The molecule has 0 atom stereocenters. The number of hydrogen-bond donors (Lipinski definition) is 4. The van der Waals surface area contributed by atoms with E-state index in [2.05, 4.69) is 55.4 Å². The third-order valence-corrected chi connectivity index (χ3v) is 10.1. The van der Waals surface area contributed by atoms with E-state index in [1.807, 2.05) is 10.1 Å². The average molecular weight is 629 g/mol. The van der Waals surface area contributed by atoms with Crippen molar-refractivity contribution in [3.05, 3.63) is 0 Å². The van der Waals surface area contributed by atoms with Gasteiger partial charge < -0.3 is 20.4 Å². The zero-order valence-electron chi connectivity index (χ0n) is 29.0. The van der Waals surface area contributed by atoms with Gasteiger partial charge in [-0.15, -0.1) is 0 Å². The van der Waals surface area contributed by atoms with E-state index in [4.69, 9.17) is 14.8 Å². The average Bonchev–Trinajstić information content (AvgIpc) is 2.87. The Bertz CT molecular complexity index is 833. The van der Waals surface area contributed by atoms with Crippen molar-refractivity contribution in [1.29, 1.82) is 0 Å². The summed E-state index contributed by atoms with van der Waals surface area (Å²) >= 11 is 0. The van der Waals surface area contributed by atoms with Crippen LogP contribution in [0, 0.1) is 17.3 Å². The zero-order chi connectivity index (χ0) is 33.4. The lowest BCUT2D eigenvalue weighted by Crippen LogP contribution is -2.67. The summed E-state index contributed by atoms with van der Waals surface area (Å²) in [6.07, 6.45) is 8.56. The molecule has 0 spiro atoms. The molecule has 2 rings (SSSR count). The Morgan fingerprint density at radius 2 is 1.00 bits per heavy atom. The first-order chi connectivity index (χ1) is 20.4. The van der Waals surface area contributed by atoms with Gasteiger partial charge >= 0.3 is 11.9 Å². The fourth-order valence-corrected chi connectivity index (χ4v) is 8.82. The number of carboxylic acid groups (broad SMARTS) is 2. The highest BCUT2D eigenvalue weighted by molar-refractivity contribution is 5.76. The monoisotopic (exact) mass is 628 g/mol. The topological polar surface area (TPSA) is 140 Å². The van der Waals surface area contributed by atoms with Gasteiger partial charge in [-0.05, 0) is 119 Å². The smallest absolute Gasteiger partial charge is 0.310 e. The number of aliphatic hydroxyl groups is 2. The van der Waals surface area contributed by atoms with Gasteiger partial charge in [-0.2, -0.15) is 10.1 Å². The minimum absolute atomic E-state index is 0.0593. The van der Waals surface area contributed by atoms with Crippen molar-refractivity contribution in [3.8, 4) is 0 Å². The van der Waals surface area contributed by atoms with E-state index in [1.165, 1.54) is 0 Å². The second-order valence-electron chi connectivity index (χ2n) is 15.9. The Balaban J connectivity index is 2.47. The van der Waals surface area contributed by atoms with Crippen LogP contribution in [0.2, 0.25) is 0 Å². The molecule has 0 saturated carbocycles. The van der Waals surface area contributed by atoms with Crippen LogP contribution in [-0.4, -0.2) is 91.1 Å². The van der Waals surface area contributed by atoms with Crippen molar-refractivity contribution in [2.75, 3.05) is 26.4 Å². The Hall–Kier alpha value is -1.30. The van der Waals surface area contributed by atoms with Crippen molar-refractivity contribution >= 4 is 11.9 Å². The van der Waals surface area contributed by atoms with Crippen LogP contribution in [0.1, 0.15) is 139 Å². The standard InChI is InChI=1S/C34H64N2O8/c1-30(2)22-26(23-31(3,4)35(30)43-20-14-18-37)34(29(41)42,17-13-11-9-10-12-16-28(39)40)27-24-32(5,6)36(33(7,8)25-27)44-21-15-19-38/h26-27,37-38H,9-25H2,1-8H3,(H,39,40)(H,41,42). The second-order valence-corrected chi connectivity index (χ2v) is 15.9. The third-order valence-electron chi connectivity index (χ3n) is 10.1. The summed E-state index contributed by atoms with van der Waals surface area (Å²) in [6, 6.07) is 0. The molecular weight excluding hydrogens is 564 g/mol. The van der Waals surface area contributed by atoms with Crippen LogP contribution >= 0.6 is 0 Å². The Labute approximate surface area is 266 Å². The highest BCUT2D eigenvalue weighted by atomic mass is 16.7. The SMILES string of the molecule is CC1(C)CC(C(CCCCCCCC(=O)O)(C(=O)O)C2CC(C)(C)N(OCCCO)C(C)(C)C2)CC(C)(C)N1OCCCO. The first kappa shape index (κ1) is 38.9. The molecule has 0 aliphatic carbocycles. The van der Waals surface area contributed by atoms with Crippen molar-refractivity contribution < 1.29 is 39.7 Å². The van der Waals surface area contributed by atoms with Gasteiger partial charge in [0.1, 0.15) is 0 Å². The van der Waals surface area contributed by atoms with Gasteiger partial charge in [-0.25, -0.2) is 0 Å². The summed E-state index contributed by atoms with van der Waals surface area (Å²) in [7, 11) is 0. The van der Waals surface area contributed by atoms with Gasteiger partial charge in [-0.1, -0.05) is 25.7 Å². The van der Waals surface area contributed by atoms with E-state index in [9.17, 15) is 24.9 Å². The lowest BCUT2D eigenvalue weighted by atomic mass is 9.52. The van der Waals surface area contributed by atoms with Crippen molar-refractivity contribution in [2.24, 2.45) is 17.3 Å². The number of carbonyl (C=O) groups is 2. The predicted octanol–water partition coefficient (Wildman–Crippen LogP) is 6.04. The molecule has 10 heteroatoms. The van der Waals surface area contributed by atoms with Crippen LogP contribution < -0.4 is 0 Å². The molecule has 2 aliphatic heterocycles. The highest BCUT2D eigenvalue weighted by Gasteiger charge is 2.61. The molecule has 4 N–H and O–H groups in total. The maximum Gasteiger partial charge on any atom is 0.310 e. The number of aliphatic hydroxyl groups excluding tert-OH is 2. The zero-order valence-corrected chi connectivity index (χ0v) is 29.0. The summed E-state index contributed by atoms with van der Waals surface area (Å²) in [5, 5.41) is 43.1. The largest absolute Gasteiger partial charge is 0.481 e. The van der Waals surface area contributed by atoms with Crippen LogP contribution in [0.4, 0.5) is 0 Å². The number of aliphatic carboxylic acids is 2. The van der Waals surface area contributed by atoms with Gasteiger partial charge in [-0.3, -0.25) is 19.3 Å². The molecule has 258 valence electrons. The lowest BCUT2D eigenvalue weighted by molar-refractivity contribution is -0.307. The summed E-state index contributed by atoms with van der Waals surface area (Å²) in [5.41, 5.74) is -2.63. The molecule has 2 aliphatic rings. The molecule has 0 bridgehead atoms. The normalized spacial score (nSPS) is 22.7. The molecule has 2 saturated heterocycles. The summed E-state index contributed by atoms with van der Waals surface area (Å²) in [5.74, 6) is -1.68. The van der Waals surface area contributed by atoms with Crippen LogP contribution in [0.25, 0.3) is 0 Å². The third kappa shape index (κ3) is 9.61. The van der Waals surface area contributed by atoms with Crippen molar-refractivity contribution in [2.45, 2.75) is 161 Å². The molecule has 0 aromatic carbocycles. The summed E-state index contributed by atoms with van der Waals surface area (Å²) in [4.78, 5) is 37.3. The van der Waals surface area contributed by atoms with Gasteiger partial charge in [0.2, 0.25) is 0 Å². The summed E-state index contributed by atoms with van der Waals surface area (Å²) < 4.78 is 0. The molecule has 2 fully saturated rings. The van der Waals surface area contributed by atoms with Gasteiger partial charge in [0.15, 0.2) is 0 Å². The van der Waals surface area contributed by atoms with Crippen LogP contribution in [-0.2, 0) is 19.3 Å². The van der Waals surface area contributed by atoms with Crippen molar-refractivity contribution in [1.82, 2.24) is 10.1 Å². The van der Waals surface area contributed by atoms with E-state index < -0.39 is 39.5 Å². The molecule has 0 amide bonds. The molecule has 0 aromatic rings. The fourth-order valence-electron chi connectivity index (χ4n) is 8.82. The van der Waals surface area contributed by atoms with Crippen LogP contribution in [0.3, 0.4) is 0 Å². The number of carboxylic acids is 2. The van der Waals surface area contributed by atoms with Crippen LogP contribution in [0.15, 0.2) is 0 Å². The fraction of sp³-hybridized carbons (Fsp3) is 0.941. The maximum atomic E-state index is 13.9. The minimum atomic E-state index is -0.960.